The van der Waals surface area contributed by atoms with E-state index in [0.717, 1.165) is 12.1 Å². The van der Waals surface area contributed by atoms with Crippen molar-refractivity contribution in [1.82, 2.24) is 19.7 Å². The van der Waals surface area contributed by atoms with Gasteiger partial charge < -0.3 is 24.8 Å². The van der Waals surface area contributed by atoms with E-state index in [4.69, 9.17) is 27.5 Å². The van der Waals surface area contributed by atoms with Gasteiger partial charge in [0, 0.05) is 13.5 Å². The number of primary amides is 1. The molecule has 0 aliphatic carbocycles. The molecule has 1 aromatic carbocycles. The maximum atomic E-state index is 13.7. The minimum Gasteiger partial charge on any atom is -0.420 e. The summed E-state index contributed by atoms with van der Waals surface area (Å²) in [5, 5.41) is 15.2. The van der Waals surface area contributed by atoms with Gasteiger partial charge in [-0.2, -0.15) is 0 Å². The van der Waals surface area contributed by atoms with Crippen LogP contribution in [-0.2, 0) is 0 Å². The number of halogens is 2. The molecule has 0 bridgehead atoms. The Morgan fingerprint density at radius 1 is 1.34 bits per heavy atom. The third-order valence-corrected chi connectivity index (χ3v) is 4.23. The third kappa shape index (κ3) is 4.74. The second kappa shape index (κ2) is 9.52. The van der Waals surface area contributed by atoms with E-state index in [1.165, 1.54) is 10.6 Å². The van der Waals surface area contributed by atoms with Crippen LogP contribution in [0.4, 0.5) is 8.78 Å². The molecule has 1 atom stereocenters. The minimum absolute atomic E-state index is 0.0234. The molecule has 4 N–H and O–H groups in total. The zero-order chi connectivity index (χ0) is 21.7. The lowest BCUT2D eigenvalue weighted by molar-refractivity contribution is 0.0990. The number of aromatic amines is 1. The number of nitrogens with two attached hydrogens (primary N) is 1. The summed E-state index contributed by atoms with van der Waals surface area (Å²) in [6.07, 6.45) is 0.444. The van der Waals surface area contributed by atoms with Crippen LogP contribution >= 0.6 is 12.2 Å². The van der Waals surface area contributed by atoms with Gasteiger partial charge in [-0.25, -0.2) is 8.78 Å². The first-order valence-electron chi connectivity index (χ1n) is 8.75. The van der Waals surface area contributed by atoms with Gasteiger partial charge in [0.2, 0.25) is 5.89 Å². The molecule has 1 unspecified atom stereocenters. The molecule has 0 saturated carbocycles. The number of carbonyl (C=O) groups is 1. The summed E-state index contributed by atoms with van der Waals surface area (Å²) < 4.78 is 33.9. The van der Waals surface area contributed by atoms with Crippen molar-refractivity contribution in [2.45, 2.75) is 33.2 Å². The maximum absolute atomic E-state index is 13.7. The van der Waals surface area contributed by atoms with Crippen LogP contribution in [0.3, 0.4) is 0 Å². The lowest BCUT2D eigenvalue weighted by Crippen LogP contribution is -2.22. The van der Waals surface area contributed by atoms with Gasteiger partial charge in [0.05, 0.1) is 6.04 Å². The lowest BCUT2D eigenvalue weighted by Gasteiger charge is -2.19. The Labute approximate surface area is 170 Å². The van der Waals surface area contributed by atoms with E-state index in [1.54, 1.807) is 13.8 Å². The average molecular weight is 425 g/mol. The summed E-state index contributed by atoms with van der Waals surface area (Å²) >= 11 is 5.33. The summed E-state index contributed by atoms with van der Waals surface area (Å²) in [7, 11) is 0. The average Bonchev–Trinajstić information content (AvgIpc) is 3.23. The Bertz CT molecular complexity index is 1060. The highest BCUT2D eigenvalue weighted by atomic mass is 32.1. The summed E-state index contributed by atoms with van der Waals surface area (Å²) in [5.74, 6) is -2.37. The van der Waals surface area contributed by atoms with Gasteiger partial charge in [0.25, 0.3) is 11.8 Å². The molecular weight excluding hydrogens is 404 g/mol. The van der Waals surface area contributed by atoms with Gasteiger partial charge in [-0.3, -0.25) is 4.79 Å². The van der Waals surface area contributed by atoms with E-state index < -0.39 is 23.6 Å². The zero-order valence-electron chi connectivity index (χ0n) is 16.1. The van der Waals surface area contributed by atoms with E-state index in [9.17, 15) is 13.6 Å². The number of carbonyl (C=O) groups excluding carboxylic acids is 1. The first kappa shape index (κ1) is 22.4. The van der Waals surface area contributed by atoms with Crippen molar-refractivity contribution in [1.29, 1.82) is 0 Å². The molecule has 0 aliphatic rings. The number of rotatable bonds is 5. The first-order chi connectivity index (χ1) is 13.7. The van der Waals surface area contributed by atoms with Crippen LogP contribution in [0.1, 0.15) is 48.3 Å². The molecule has 0 radical (unpaired) electrons. The van der Waals surface area contributed by atoms with Crippen molar-refractivity contribution in [2.75, 3.05) is 6.61 Å². The Hall–Kier alpha value is -2.92. The predicted molar refractivity (Wildman–Crippen MR) is 104 cm³/mol. The quantitative estimate of drug-likeness (QED) is 0.539. The van der Waals surface area contributed by atoms with E-state index in [0.29, 0.717) is 17.9 Å². The summed E-state index contributed by atoms with van der Waals surface area (Å²) in [5.41, 5.74) is 6.20. The molecule has 8 nitrogen and oxygen atoms in total. The summed E-state index contributed by atoms with van der Waals surface area (Å²) in [4.78, 5) is 15.0. The molecule has 0 spiro atoms. The molecule has 3 rings (SSSR count). The normalized spacial score (nSPS) is 11.7. The molecule has 11 heteroatoms. The van der Waals surface area contributed by atoms with E-state index in [-0.39, 0.29) is 28.7 Å². The zero-order valence-corrected chi connectivity index (χ0v) is 16.9. The number of hydrogen-bond acceptors (Lipinski definition) is 6. The smallest absolute Gasteiger partial charge is 0.267 e. The van der Waals surface area contributed by atoms with Gasteiger partial charge in [-0.1, -0.05) is 13.0 Å². The van der Waals surface area contributed by atoms with Crippen molar-refractivity contribution in [3.05, 3.63) is 51.8 Å². The number of hydrogen-bond donors (Lipinski definition) is 3. The fourth-order valence-corrected chi connectivity index (χ4v) is 3.15. The van der Waals surface area contributed by atoms with E-state index in [1.807, 2.05) is 6.92 Å². The van der Waals surface area contributed by atoms with Crippen LogP contribution in [-0.4, -0.2) is 37.4 Å². The minimum atomic E-state index is -0.989. The third-order valence-electron chi connectivity index (χ3n) is 3.93. The lowest BCUT2D eigenvalue weighted by atomic mass is 10.0. The molecule has 3 aromatic rings. The summed E-state index contributed by atoms with van der Waals surface area (Å²) in [6.45, 7) is 5.35. The molecule has 0 fully saturated rings. The molecule has 2 aromatic heterocycles. The molecular formula is C18H21F2N5O3S. The Morgan fingerprint density at radius 2 is 2.00 bits per heavy atom. The molecule has 29 heavy (non-hydrogen) atoms. The second-order valence-electron chi connectivity index (χ2n) is 5.93. The van der Waals surface area contributed by atoms with Gasteiger partial charge in [0.1, 0.15) is 11.4 Å². The molecule has 1 amide bonds. The Kier molecular flexibility index (Phi) is 7.35. The topological polar surface area (TPSA) is 123 Å². The highest BCUT2D eigenvalue weighted by Gasteiger charge is 2.27. The van der Waals surface area contributed by atoms with Gasteiger partial charge in [0.15, 0.2) is 16.4 Å². The maximum Gasteiger partial charge on any atom is 0.267 e. The number of benzene rings is 1. The van der Waals surface area contributed by atoms with Crippen LogP contribution in [0, 0.1) is 23.3 Å². The monoisotopic (exact) mass is 425 g/mol. The number of nitrogens with zero attached hydrogens (tertiary/aromatic N) is 3. The number of aryl methyl sites for hydroxylation is 1. The molecule has 0 saturated heterocycles. The Balaban J connectivity index is 0.000000941. The number of amides is 1. The van der Waals surface area contributed by atoms with Crippen LogP contribution in [0.5, 0.6) is 0 Å². The Morgan fingerprint density at radius 3 is 2.48 bits per heavy atom. The van der Waals surface area contributed by atoms with Crippen molar-refractivity contribution in [3.63, 3.8) is 0 Å². The summed E-state index contributed by atoms with van der Waals surface area (Å²) in [6, 6.07) is 2.98. The SMILES string of the molecule is CCC(c1ccc(F)c(F)c1)n1c(C(N)=O)c(-c2nnc(C)o2)[nH]c1=S.CCO. The number of nitrogens with one attached hydrogen (secondary N) is 1. The van der Waals surface area contributed by atoms with Gasteiger partial charge in [-0.15, -0.1) is 10.2 Å². The second-order valence-corrected chi connectivity index (χ2v) is 6.31. The van der Waals surface area contributed by atoms with Gasteiger partial charge >= 0.3 is 0 Å². The number of aliphatic hydroxyl groups excluding tert-OH is 1. The van der Waals surface area contributed by atoms with Crippen molar-refractivity contribution >= 4 is 18.1 Å². The van der Waals surface area contributed by atoms with Gasteiger partial charge in [-0.05, 0) is 43.3 Å². The van der Waals surface area contributed by atoms with E-state index in [2.05, 4.69) is 15.2 Å². The molecule has 0 aliphatic heterocycles. The molecule has 156 valence electrons. The number of aliphatic hydroxyl groups is 1. The van der Waals surface area contributed by atoms with Crippen LogP contribution in [0.2, 0.25) is 0 Å². The van der Waals surface area contributed by atoms with Crippen LogP contribution in [0.15, 0.2) is 22.6 Å². The largest absolute Gasteiger partial charge is 0.420 e. The van der Waals surface area contributed by atoms with Crippen LogP contribution < -0.4 is 5.73 Å². The van der Waals surface area contributed by atoms with E-state index >= 15 is 0 Å². The van der Waals surface area contributed by atoms with Crippen molar-refractivity contribution in [3.8, 4) is 11.6 Å². The van der Waals surface area contributed by atoms with Crippen molar-refractivity contribution in [2.24, 2.45) is 5.73 Å². The highest BCUT2D eigenvalue weighted by molar-refractivity contribution is 7.71. The first-order valence-corrected chi connectivity index (χ1v) is 9.16. The van der Waals surface area contributed by atoms with Crippen LogP contribution in [0.25, 0.3) is 11.6 Å². The molecule has 2 heterocycles. The standard InChI is InChI=1S/C16H15F2N5O2S.C2H6O/c1-3-11(8-4-5-9(17)10(18)6-8)23-13(14(19)24)12(20-16(23)26)15-22-21-7(2)25-15;1-2-3/h4-6,11H,3H2,1-2H3,(H2,19,24)(H,20,26);3H,2H2,1H3. The van der Waals surface area contributed by atoms with Crippen molar-refractivity contribution < 1.29 is 23.1 Å². The number of H-pyrrole nitrogens is 1. The fourth-order valence-electron chi connectivity index (χ4n) is 2.83. The fraction of sp³-hybridized carbons (Fsp3) is 0.333. The predicted octanol–water partition coefficient (Wildman–Crippen LogP) is 3.28. The number of aromatic nitrogens is 4. The number of imidazole rings is 1. The highest BCUT2D eigenvalue weighted by Crippen LogP contribution is 2.30.